The number of ether oxygens (including phenoxy) is 1. The lowest BCUT2D eigenvalue weighted by Gasteiger charge is -2.21. The van der Waals surface area contributed by atoms with E-state index in [1.54, 1.807) is 7.11 Å². The first-order valence-electron chi connectivity index (χ1n) is 8.07. The number of fused-ring (bicyclic) bond motifs is 1. The highest BCUT2D eigenvalue weighted by Crippen LogP contribution is 2.29. The summed E-state index contributed by atoms with van der Waals surface area (Å²) in [5.41, 5.74) is 1.64. The van der Waals surface area contributed by atoms with Crippen molar-refractivity contribution in [3.8, 4) is 0 Å². The molecule has 22 heavy (non-hydrogen) atoms. The predicted octanol–water partition coefficient (Wildman–Crippen LogP) is 1.16. The van der Waals surface area contributed by atoms with Crippen molar-refractivity contribution in [2.45, 2.75) is 32.6 Å². The number of amides is 1. The predicted molar refractivity (Wildman–Crippen MR) is 84.1 cm³/mol. The van der Waals surface area contributed by atoms with Crippen molar-refractivity contribution in [1.29, 1.82) is 0 Å². The van der Waals surface area contributed by atoms with Gasteiger partial charge in [-0.3, -0.25) is 4.79 Å². The van der Waals surface area contributed by atoms with E-state index >= 15 is 0 Å². The highest BCUT2D eigenvalue weighted by Gasteiger charge is 2.32. The molecule has 0 spiro atoms. The first kappa shape index (κ1) is 15.5. The first-order valence-corrected chi connectivity index (χ1v) is 8.07. The van der Waals surface area contributed by atoms with Gasteiger partial charge in [-0.05, 0) is 24.8 Å². The summed E-state index contributed by atoms with van der Waals surface area (Å²) in [6.07, 6.45) is 1.94. The van der Waals surface area contributed by atoms with E-state index in [0.29, 0.717) is 18.2 Å². The maximum atomic E-state index is 12.2. The van der Waals surface area contributed by atoms with Gasteiger partial charge in [0.05, 0.1) is 6.61 Å². The second-order valence-electron chi connectivity index (χ2n) is 7.25. The van der Waals surface area contributed by atoms with Crippen molar-refractivity contribution in [3.63, 3.8) is 0 Å². The van der Waals surface area contributed by atoms with Crippen molar-refractivity contribution >= 4 is 5.91 Å². The van der Waals surface area contributed by atoms with Gasteiger partial charge in [-0.15, -0.1) is 0 Å². The highest BCUT2D eigenvalue weighted by atomic mass is 16.5. The number of carbonyl (C=O) groups excluding carboxylic acids is 1. The Morgan fingerprint density at radius 1 is 1.45 bits per heavy atom. The zero-order valence-electron chi connectivity index (χ0n) is 13.7. The quantitative estimate of drug-likeness (QED) is 0.876. The number of H-pyrrole nitrogens is 1. The number of methoxy groups -OCH3 is 1. The molecule has 6 heteroatoms. The van der Waals surface area contributed by atoms with E-state index in [-0.39, 0.29) is 11.3 Å². The van der Waals surface area contributed by atoms with Crippen LogP contribution in [0.15, 0.2) is 0 Å². The van der Waals surface area contributed by atoms with E-state index in [0.717, 1.165) is 50.6 Å². The Bertz CT molecular complexity index is 552. The SMILES string of the molecule is COCCN1CCC(c2nc3c([nH]2)CC(C)(C)CNC3=O)C1. The molecule has 0 aromatic carbocycles. The molecule has 1 unspecified atom stereocenters. The topological polar surface area (TPSA) is 70.2 Å². The molecule has 0 saturated carbocycles. The lowest BCUT2D eigenvalue weighted by molar-refractivity contribution is 0.0940. The summed E-state index contributed by atoms with van der Waals surface area (Å²) < 4.78 is 5.14. The van der Waals surface area contributed by atoms with Crippen LogP contribution in [0.1, 0.15) is 48.2 Å². The van der Waals surface area contributed by atoms with E-state index < -0.39 is 0 Å². The number of hydrogen-bond donors (Lipinski definition) is 2. The van der Waals surface area contributed by atoms with Crippen LogP contribution < -0.4 is 5.32 Å². The molecule has 2 aliphatic rings. The summed E-state index contributed by atoms with van der Waals surface area (Å²) in [6, 6.07) is 0. The molecule has 3 rings (SSSR count). The van der Waals surface area contributed by atoms with Crippen molar-refractivity contribution in [1.82, 2.24) is 20.2 Å². The number of rotatable bonds is 4. The van der Waals surface area contributed by atoms with Gasteiger partial charge in [0.25, 0.3) is 5.91 Å². The molecule has 0 aliphatic carbocycles. The van der Waals surface area contributed by atoms with Crippen molar-refractivity contribution in [3.05, 3.63) is 17.2 Å². The molecule has 122 valence electrons. The molecule has 1 atom stereocenters. The van der Waals surface area contributed by atoms with Gasteiger partial charge in [-0.1, -0.05) is 13.8 Å². The Morgan fingerprint density at radius 3 is 3.05 bits per heavy atom. The fourth-order valence-corrected chi connectivity index (χ4v) is 3.36. The summed E-state index contributed by atoms with van der Waals surface area (Å²) in [4.78, 5) is 22.7. The lowest BCUT2D eigenvalue weighted by Crippen LogP contribution is -2.32. The summed E-state index contributed by atoms with van der Waals surface area (Å²) in [7, 11) is 1.73. The number of carbonyl (C=O) groups is 1. The van der Waals surface area contributed by atoms with Crippen molar-refractivity contribution in [2.24, 2.45) is 5.41 Å². The van der Waals surface area contributed by atoms with Gasteiger partial charge >= 0.3 is 0 Å². The maximum absolute atomic E-state index is 12.2. The Morgan fingerprint density at radius 2 is 2.27 bits per heavy atom. The molecule has 6 nitrogen and oxygen atoms in total. The largest absolute Gasteiger partial charge is 0.383 e. The number of nitrogens with one attached hydrogen (secondary N) is 2. The zero-order valence-corrected chi connectivity index (χ0v) is 13.7. The van der Waals surface area contributed by atoms with Gasteiger partial charge in [0.2, 0.25) is 0 Å². The fourth-order valence-electron chi connectivity index (χ4n) is 3.36. The standard InChI is InChI=1S/C16H26N4O2/c1-16(2)8-12-13(15(21)17-10-16)19-14(18-12)11-4-5-20(9-11)6-7-22-3/h11H,4-10H2,1-3H3,(H,17,21)(H,18,19). The van der Waals surface area contributed by atoms with Crippen molar-refractivity contribution < 1.29 is 9.53 Å². The third-order valence-corrected chi connectivity index (χ3v) is 4.67. The highest BCUT2D eigenvalue weighted by molar-refractivity contribution is 5.94. The van der Waals surface area contributed by atoms with Crippen LogP contribution in [0.3, 0.4) is 0 Å². The average Bonchev–Trinajstić information content (AvgIpc) is 3.07. The van der Waals surface area contributed by atoms with Crippen LogP contribution >= 0.6 is 0 Å². The summed E-state index contributed by atoms with van der Waals surface area (Å²) in [5.74, 6) is 1.31. The Balaban J connectivity index is 1.75. The van der Waals surface area contributed by atoms with Crippen LogP contribution in [0.4, 0.5) is 0 Å². The first-order chi connectivity index (χ1) is 10.5. The van der Waals surface area contributed by atoms with Crippen LogP contribution in [-0.2, 0) is 11.2 Å². The van der Waals surface area contributed by atoms with Crippen LogP contribution in [-0.4, -0.2) is 60.7 Å². The Kier molecular flexibility index (Phi) is 4.23. The Hall–Kier alpha value is -1.40. The molecule has 2 N–H and O–H groups in total. The van der Waals surface area contributed by atoms with Crippen LogP contribution in [0.25, 0.3) is 0 Å². The number of likely N-dealkylation sites (tertiary alicyclic amines) is 1. The van der Waals surface area contributed by atoms with Gasteiger partial charge < -0.3 is 19.9 Å². The van der Waals surface area contributed by atoms with Crippen molar-refractivity contribution in [2.75, 3.05) is 39.9 Å². The monoisotopic (exact) mass is 306 g/mol. The van der Waals surface area contributed by atoms with Crippen LogP contribution in [0.2, 0.25) is 0 Å². The van der Waals surface area contributed by atoms with Gasteiger partial charge in [-0.25, -0.2) is 4.98 Å². The molecule has 0 bridgehead atoms. The van der Waals surface area contributed by atoms with E-state index in [2.05, 4.69) is 34.0 Å². The average molecular weight is 306 g/mol. The lowest BCUT2D eigenvalue weighted by atomic mass is 9.88. The molecule has 1 fully saturated rings. The molecule has 1 saturated heterocycles. The second kappa shape index (κ2) is 6.01. The minimum atomic E-state index is -0.0442. The fraction of sp³-hybridized carbons (Fsp3) is 0.750. The number of aromatic nitrogens is 2. The summed E-state index contributed by atoms with van der Waals surface area (Å²) >= 11 is 0. The minimum Gasteiger partial charge on any atom is -0.383 e. The van der Waals surface area contributed by atoms with Gasteiger partial charge in [-0.2, -0.15) is 0 Å². The number of hydrogen-bond acceptors (Lipinski definition) is 4. The van der Waals surface area contributed by atoms with E-state index in [9.17, 15) is 4.79 Å². The maximum Gasteiger partial charge on any atom is 0.271 e. The zero-order chi connectivity index (χ0) is 15.7. The molecular weight excluding hydrogens is 280 g/mol. The van der Waals surface area contributed by atoms with E-state index in [4.69, 9.17) is 4.74 Å². The molecule has 0 radical (unpaired) electrons. The molecule has 1 aromatic heterocycles. The smallest absolute Gasteiger partial charge is 0.271 e. The molecule has 1 amide bonds. The molecule has 2 aliphatic heterocycles. The van der Waals surface area contributed by atoms with Gasteiger partial charge in [0, 0.05) is 38.4 Å². The number of aromatic amines is 1. The number of imidazole rings is 1. The van der Waals surface area contributed by atoms with E-state index in [1.165, 1.54) is 0 Å². The molecular formula is C16H26N4O2. The van der Waals surface area contributed by atoms with E-state index in [1.807, 2.05) is 0 Å². The van der Waals surface area contributed by atoms with Crippen LogP contribution in [0, 0.1) is 5.41 Å². The second-order valence-corrected chi connectivity index (χ2v) is 7.25. The minimum absolute atomic E-state index is 0.0442. The Labute approximate surface area is 131 Å². The van der Waals surface area contributed by atoms with Gasteiger partial charge in [0.15, 0.2) is 0 Å². The molecule has 3 heterocycles. The van der Waals surface area contributed by atoms with Crippen LogP contribution in [0.5, 0.6) is 0 Å². The molecule has 1 aromatic rings. The normalized spacial score (nSPS) is 24.9. The van der Waals surface area contributed by atoms with Gasteiger partial charge in [0.1, 0.15) is 11.5 Å². The number of nitrogens with zero attached hydrogens (tertiary/aromatic N) is 2. The third kappa shape index (κ3) is 3.17. The summed E-state index contributed by atoms with van der Waals surface area (Å²) in [6.45, 7) is 8.81. The summed E-state index contributed by atoms with van der Waals surface area (Å²) in [5, 5.41) is 2.98. The third-order valence-electron chi connectivity index (χ3n) is 4.67.